The standard InChI is InChI=1S/C21H24FN3O3/c1-2-25(15-19(26)24-14-16-8-10-18(22)11-9-16)20(27)12-13-23-21(28)17-6-4-3-5-7-17/h3-11H,2,12-15H2,1H3,(H,23,28)(H,24,26). The van der Waals surface area contributed by atoms with Crippen LogP contribution in [0.5, 0.6) is 0 Å². The van der Waals surface area contributed by atoms with Crippen LogP contribution in [0.4, 0.5) is 4.39 Å². The maximum absolute atomic E-state index is 12.9. The first-order chi connectivity index (χ1) is 13.5. The molecule has 0 saturated heterocycles. The van der Waals surface area contributed by atoms with E-state index in [1.54, 1.807) is 43.3 Å². The number of nitrogens with zero attached hydrogens (tertiary/aromatic N) is 1. The van der Waals surface area contributed by atoms with Gasteiger partial charge < -0.3 is 15.5 Å². The first kappa shape index (κ1) is 21.1. The molecule has 0 fully saturated rings. The molecule has 6 nitrogen and oxygen atoms in total. The van der Waals surface area contributed by atoms with Gasteiger partial charge >= 0.3 is 0 Å². The highest BCUT2D eigenvalue weighted by molar-refractivity contribution is 5.94. The van der Waals surface area contributed by atoms with E-state index in [0.29, 0.717) is 12.1 Å². The lowest BCUT2D eigenvalue weighted by Gasteiger charge is -2.20. The van der Waals surface area contributed by atoms with Crippen molar-refractivity contribution in [1.29, 1.82) is 0 Å². The maximum Gasteiger partial charge on any atom is 0.251 e. The highest BCUT2D eigenvalue weighted by Crippen LogP contribution is 2.02. The quantitative estimate of drug-likeness (QED) is 0.694. The van der Waals surface area contributed by atoms with Gasteiger partial charge in [-0.1, -0.05) is 30.3 Å². The number of likely N-dealkylation sites (N-methyl/N-ethyl adjacent to an activating group) is 1. The zero-order chi connectivity index (χ0) is 20.4. The summed E-state index contributed by atoms with van der Waals surface area (Å²) in [4.78, 5) is 37.8. The first-order valence-electron chi connectivity index (χ1n) is 9.11. The highest BCUT2D eigenvalue weighted by atomic mass is 19.1. The molecular weight excluding hydrogens is 361 g/mol. The Morgan fingerprint density at radius 3 is 2.29 bits per heavy atom. The van der Waals surface area contributed by atoms with Crippen molar-refractivity contribution in [3.8, 4) is 0 Å². The molecule has 0 saturated carbocycles. The fourth-order valence-electron chi connectivity index (χ4n) is 2.54. The molecule has 2 rings (SSSR count). The molecule has 0 aliphatic carbocycles. The third-order valence-corrected chi connectivity index (χ3v) is 4.13. The van der Waals surface area contributed by atoms with Crippen LogP contribution < -0.4 is 10.6 Å². The Hall–Kier alpha value is -3.22. The fraction of sp³-hybridized carbons (Fsp3) is 0.286. The minimum atomic E-state index is -0.336. The van der Waals surface area contributed by atoms with Crippen LogP contribution in [0.1, 0.15) is 29.3 Å². The van der Waals surface area contributed by atoms with E-state index >= 15 is 0 Å². The Morgan fingerprint density at radius 1 is 0.964 bits per heavy atom. The van der Waals surface area contributed by atoms with Crippen molar-refractivity contribution in [2.75, 3.05) is 19.6 Å². The number of rotatable bonds is 9. The molecule has 28 heavy (non-hydrogen) atoms. The van der Waals surface area contributed by atoms with E-state index in [1.165, 1.54) is 17.0 Å². The zero-order valence-electron chi connectivity index (χ0n) is 15.8. The molecule has 2 aromatic carbocycles. The second kappa shape index (κ2) is 10.8. The van der Waals surface area contributed by atoms with Crippen molar-refractivity contribution in [2.45, 2.75) is 19.9 Å². The van der Waals surface area contributed by atoms with Crippen LogP contribution >= 0.6 is 0 Å². The average molecular weight is 385 g/mol. The molecule has 0 aromatic heterocycles. The molecule has 7 heteroatoms. The SMILES string of the molecule is CCN(CC(=O)NCc1ccc(F)cc1)C(=O)CCNC(=O)c1ccccc1. The van der Waals surface area contributed by atoms with Gasteiger partial charge in [0, 0.05) is 31.6 Å². The molecule has 2 N–H and O–H groups in total. The number of hydrogen-bond acceptors (Lipinski definition) is 3. The maximum atomic E-state index is 12.9. The number of carbonyl (C=O) groups is 3. The number of nitrogens with one attached hydrogen (secondary N) is 2. The van der Waals surface area contributed by atoms with Gasteiger partial charge in [-0.25, -0.2) is 4.39 Å². The average Bonchev–Trinajstić information content (AvgIpc) is 2.72. The predicted octanol–water partition coefficient (Wildman–Crippen LogP) is 2.11. The molecule has 0 spiro atoms. The normalized spacial score (nSPS) is 10.2. The molecule has 2 aromatic rings. The van der Waals surface area contributed by atoms with Crippen molar-refractivity contribution in [3.05, 3.63) is 71.5 Å². The highest BCUT2D eigenvalue weighted by Gasteiger charge is 2.15. The Bertz CT molecular complexity index is 794. The fourth-order valence-corrected chi connectivity index (χ4v) is 2.54. The molecule has 0 bridgehead atoms. The summed E-state index contributed by atoms with van der Waals surface area (Å²) in [5.74, 6) is -1.09. The lowest BCUT2D eigenvalue weighted by atomic mass is 10.2. The van der Waals surface area contributed by atoms with Crippen molar-refractivity contribution in [2.24, 2.45) is 0 Å². The van der Waals surface area contributed by atoms with Gasteiger partial charge in [-0.2, -0.15) is 0 Å². The van der Waals surface area contributed by atoms with E-state index in [1.807, 2.05) is 6.07 Å². The molecule has 0 aliphatic rings. The Balaban J connectivity index is 1.73. The van der Waals surface area contributed by atoms with Crippen molar-refractivity contribution >= 4 is 17.7 Å². The second-order valence-corrected chi connectivity index (χ2v) is 6.18. The van der Waals surface area contributed by atoms with E-state index in [-0.39, 0.29) is 49.6 Å². The van der Waals surface area contributed by atoms with Crippen LogP contribution in [0.25, 0.3) is 0 Å². The molecule has 3 amide bonds. The van der Waals surface area contributed by atoms with E-state index in [2.05, 4.69) is 10.6 Å². The monoisotopic (exact) mass is 385 g/mol. The van der Waals surface area contributed by atoms with Gasteiger partial charge in [-0.05, 0) is 36.8 Å². The van der Waals surface area contributed by atoms with Gasteiger partial charge in [-0.3, -0.25) is 14.4 Å². The van der Waals surface area contributed by atoms with Crippen LogP contribution in [0.3, 0.4) is 0 Å². The summed E-state index contributed by atoms with van der Waals surface area (Å²) < 4.78 is 12.9. The van der Waals surface area contributed by atoms with Gasteiger partial charge in [0.25, 0.3) is 5.91 Å². The summed E-state index contributed by atoms with van der Waals surface area (Å²) in [6, 6.07) is 14.6. The third-order valence-electron chi connectivity index (χ3n) is 4.13. The molecule has 0 aliphatic heterocycles. The lowest BCUT2D eigenvalue weighted by molar-refractivity contribution is -0.135. The molecular formula is C21H24FN3O3. The van der Waals surface area contributed by atoms with Crippen molar-refractivity contribution in [1.82, 2.24) is 15.5 Å². The van der Waals surface area contributed by atoms with E-state index < -0.39 is 0 Å². The first-order valence-corrected chi connectivity index (χ1v) is 9.11. The number of carbonyl (C=O) groups excluding carboxylic acids is 3. The van der Waals surface area contributed by atoms with Gasteiger partial charge in [-0.15, -0.1) is 0 Å². The summed E-state index contributed by atoms with van der Waals surface area (Å²) in [7, 11) is 0. The van der Waals surface area contributed by atoms with Crippen LogP contribution in [0, 0.1) is 5.82 Å². The molecule has 148 valence electrons. The number of amides is 3. The Morgan fingerprint density at radius 2 is 1.64 bits per heavy atom. The van der Waals surface area contributed by atoms with Crippen LogP contribution in [0.15, 0.2) is 54.6 Å². The van der Waals surface area contributed by atoms with E-state index in [4.69, 9.17) is 0 Å². The molecule has 0 radical (unpaired) electrons. The minimum absolute atomic E-state index is 0.0663. The van der Waals surface area contributed by atoms with Crippen LogP contribution in [-0.4, -0.2) is 42.3 Å². The van der Waals surface area contributed by atoms with Crippen molar-refractivity contribution < 1.29 is 18.8 Å². The summed E-state index contributed by atoms with van der Waals surface area (Å²) in [5, 5.41) is 5.40. The van der Waals surface area contributed by atoms with Crippen LogP contribution in [-0.2, 0) is 16.1 Å². The molecule has 0 atom stereocenters. The lowest BCUT2D eigenvalue weighted by Crippen LogP contribution is -2.41. The molecule has 0 heterocycles. The summed E-state index contributed by atoms with van der Waals surface area (Å²) >= 11 is 0. The number of hydrogen-bond donors (Lipinski definition) is 2. The third kappa shape index (κ3) is 6.83. The zero-order valence-corrected chi connectivity index (χ0v) is 15.8. The van der Waals surface area contributed by atoms with Gasteiger partial charge in [0.05, 0.1) is 6.54 Å². The summed E-state index contributed by atoms with van der Waals surface area (Å²) in [6.07, 6.45) is 0.109. The van der Waals surface area contributed by atoms with Crippen LogP contribution in [0.2, 0.25) is 0 Å². The second-order valence-electron chi connectivity index (χ2n) is 6.18. The van der Waals surface area contributed by atoms with Gasteiger partial charge in [0.2, 0.25) is 11.8 Å². The summed E-state index contributed by atoms with van der Waals surface area (Å²) in [5.41, 5.74) is 1.30. The van der Waals surface area contributed by atoms with Crippen molar-refractivity contribution in [3.63, 3.8) is 0 Å². The van der Waals surface area contributed by atoms with E-state index in [9.17, 15) is 18.8 Å². The largest absolute Gasteiger partial charge is 0.352 e. The number of benzene rings is 2. The Labute approximate surface area is 163 Å². The topological polar surface area (TPSA) is 78.5 Å². The Kier molecular flexibility index (Phi) is 8.14. The summed E-state index contributed by atoms with van der Waals surface area (Å²) in [6.45, 7) is 2.56. The minimum Gasteiger partial charge on any atom is -0.352 e. The number of halogens is 1. The van der Waals surface area contributed by atoms with E-state index in [0.717, 1.165) is 5.56 Å². The predicted molar refractivity (Wildman–Crippen MR) is 104 cm³/mol. The van der Waals surface area contributed by atoms with Gasteiger partial charge in [0.1, 0.15) is 5.82 Å². The smallest absolute Gasteiger partial charge is 0.251 e. The molecule has 0 unspecified atom stereocenters. The van der Waals surface area contributed by atoms with Gasteiger partial charge in [0.15, 0.2) is 0 Å².